The zero-order valence-electron chi connectivity index (χ0n) is 21.6. The largest absolute Gasteiger partial charge is 0.479 e. The number of aromatic nitrogens is 4. The fourth-order valence-electron chi connectivity index (χ4n) is 2.56. The van der Waals surface area contributed by atoms with E-state index in [1.54, 1.807) is 41.5 Å². The molecule has 0 saturated carbocycles. The first-order valence-corrected chi connectivity index (χ1v) is 11.2. The molecule has 13 heteroatoms. The Morgan fingerprint density at radius 2 is 1.60 bits per heavy atom. The van der Waals surface area contributed by atoms with Gasteiger partial charge < -0.3 is 28.5 Å². The molecular formula is C22H35N5O8. The number of imide groups is 1. The molecule has 0 spiro atoms. The van der Waals surface area contributed by atoms with Crippen LogP contribution in [0.3, 0.4) is 0 Å². The van der Waals surface area contributed by atoms with E-state index in [9.17, 15) is 9.59 Å². The van der Waals surface area contributed by atoms with Gasteiger partial charge >= 0.3 is 12.2 Å². The standard InChI is InChI=1S/C22H35N5O8/c1-9-31-14-32-11-10-12-33-26-13-23-15-16(26)24-18(25-17(15)30-8)27(19(28)34-21(2,3)4)20(29)35-22(5,6)7/h13H,9-12,14H2,1-8H3. The number of hydrogen-bond donors (Lipinski definition) is 0. The summed E-state index contributed by atoms with van der Waals surface area (Å²) in [6, 6.07) is 0. The molecule has 35 heavy (non-hydrogen) atoms. The summed E-state index contributed by atoms with van der Waals surface area (Å²) in [7, 11) is 1.38. The maximum Gasteiger partial charge on any atom is 0.427 e. The molecule has 0 aromatic carbocycles. The predicted molar refractivity (Wildman–Crippen MR) is 125 cm³/mol. The average molecular weight is 498 g/mol. The van der Waals surface area contributed by atoms with Crippen molar-refractivity contribution in [2.75, 3.05) is 38.6 Å². The quantitative estimate of drug-likeness (QED) is 0.353. The zero-order chi connectivity index (χ0) is 26.2. The Morgan fingerprint density at radius 1 is 0.971 bits per heavy atom. The van der Waals surface area contributed by atoms with Crippen LogP contribution in [-0.4, -0.2) is 76.8 Å². The SMILES string of the molecule is CCOCOCCCOn1cnc2c(OC)nc(N(C(=O)OC(C)(C)C)C(=O)OC(C)(C)C)nc21. The first-order chi connectivity index (χ1) is 16.4. The van der Waals surface area contributed by atoms with Crippen molar-refractivity contribution in [1.29, 1.82) is 0 Å². The lowest BCUT2D eigenvalue weighted by molar-refractivity contribution is -0.0543. The Bertz CT molecular complexity index is 968. The van der Waals surface area contributed by atoms with Crippen LogP contribution in [0.4, 0.5) is 15.5 Å². The van der Waals surface area contributed by atoms with Gasteiger partial charge in [0.15, 0.2) is 5.52 Å². The van der Waals surface area contributed by atoms with Gasteiger partial charge in [-0.3, -0.25) is 0 Å². The number of amides is 2. The number of carbonyl (C=O) groups excluding carboxylic acids is 2. The number of hydrogen-bond acceptors (Lipinski definition) is 11. The van der Waals surface area contributed by atoms with Gasteiger partial charge in [-0.25, -0.2) is 14.6 Å². The van der Waals surface area contributed by atoms with Crippen molar-refractivity contribution in [2.45, 2.75) is 66.1 Å². The first kappa shape index (κ1) is 28.1. The van der Waals surface area contributed by atoms with E-state index in [1.165, 1.54) is 18.2 Å². The molecule has 0 radical (unpaired) electrons. The minimum atomic E-state index is -1.01. The third-order valence-corrected chi connectivity index (χ3v) is 3.90. The molecular weight excluding hydrogens is 462 g/mol. The second-order valence-electron chi connectivity index (χ2n) is 9.28. The Labute approximate surface area is 204 Å². The van der Waals surface area contributed by atoms with Crippen molar-refractivity contribution in [3.05, 3.63) is 6.33 Å². The van der Waals surface area contributed by atoms with Crippen LogP contribution in [0.5, 0.6) is 5.88 Å². The lowest BCUT2D eigenvalue weighted by atomic mass is 10.2. The molecule has 2 amide bonds. The lowest BCUT2D eigenvalue weighted by Gasteiger charge is -2.27. The number of anilines is 1. The van der Waals surface area contributed by atoms with Gasteiger partial charge in [-0.2, -0.15) is 14.7 Å². The Kier molecular flexibility index (Phi) is 9.60. The minimum Gasteiger partial charge on any atom is -0.479 e. The smallest absolute Gasteiger partial charge is 0.427 e. The minimum absolute atomic E-state index is 0.0320. The maximum absolute atomic E-state index is 13.0. The van der Waals surface area contributed by atoms with E-state index in [-0.39, 0.29) is 36.4 Å². The number of rotatable bonds is 10. The van der Waals surface area contributed by atoms with Crippen LogP contribution in [0.1, 0.15) is 54.9 Å². The Hall–Kier alpha value is -3.19. The highest BCUT2D eigenvalue weighted by molar-refractivity contribution is 6.08. The third-order valence-electron chi connectivity index (χ3n) is 3.90. The third kappa shape index (κ3) is 8.51. The van der Waals surface area contributed by atoms with Crippen LogP contribution in [0.2, 0.25) is 0 Å². The highest BCUT2D eigenvalue weighted by Gasteiger charge is 2.35. The van der Waals surface area contributed by atoms with E-state index in [0.29, 0.717) is 24.5 Å². The molecule has 2 heterocycles. The molecule has 0 fully saturated rings. The highest BCUT2D eigenvalue weighted by Crippen LogP contribution is 2.26. The van der Waals surface area contributed by atoms with Crippen LogP contribution in [0.15, 0.2) is 6.33 Å². The van der Waals surface area contributed by atoms with Crippen LogP contribution >= 0.6 is 0 Å². The van der Waals surface area contributed by atoms with Crippen molar-refractivity contribution < 1.29 is 38.1 Å². The molecule has 0 N–H and O–H groups in total. The first-order valence-electron chi connectivity index (χ1n) is 11.2. The predicted octanol–water partition coefficient (Wildman–Crippen LogP) is 3.34. The summed E-state index contributed by atoms with van der Waals surface area (Å²) in [4.78, 5) is 45.0. The van der Waals surface area contributed by atoms with Crippen molar-refractivity contribution >= 4 is 29.3 Å². The monoisotopic (exact) mass is 497 g/mol. The number of imidazole rings is 1. The van der Waals surface area contributed by atoms with E-state index < -0.39 is 23.4 Å². The van der Waals surface area contributed by atoms with Gasteiger partial charge in [0, 0.05) is 13.0 Å². The fraction of sp³-hybridized carbons (Fsp3) is 0.682. The molecule has 0 bridgehead atoms. The molecule has 2 aromatic heterocycles. The summed E-state index contributed by atoms with van der Waals surface area (Å²) in [6.45, 7) is 13.4. The van der Waals surface area contributed by atoms with E-state index in [4.69, 9.17) is 28.5 Å². The van der Waals surface area contributed by atoms with E-state index in [2.05, 4.69) is 15.0 Å². The maximum atomic E-state index is 13.0. The van der Waals surface area contributed by atoms with Crippen molar-refractivity contribution in [1.82, 2.24) is 19.7 Å². The van der Waals surface area contributed by atoms with Crippen LogP contribution in [0.25, 0.3) is 11.2 Å². The molecule has 0 saturated heterocycles. The number of carbonyl (C=O) groups is 2. The molecule has 0 aliphatic rings. The van der Waals surface area contributed by atoms with Gasteiger partial charge in [-0.15, -0.1) is 4.90 Å². The van der Waals surface area contributed by atoms with Crippen LogP contribution < -0.4 is 14.5 Å². The molecule has 2 aromatic rings. The lowest BCUT2D eigenvalue weighted by Crippen LogP contribution is -2.44. The molecule has 0 atom stereocenters. The average Bonchev–Trinajstić information content (AvgIpc) is 3.13. The normalized spacial score (nSPS) is 11.9. The number of nitrogens with zero attached hydrogens (tertiary/aromatic N) is 5. The summed E-state index contributed by atoms with van der Waals surface area (Å²) in [5, 5.41) is 0. The second-order valence-corrected chi connectivity index (χ2v) is 9.28. The summed E-state index contributed by atoms with van der Waals surface area (Å²) < 4.78 is 27.8. The number of methoxy groups -OCH3 is 1. The Balaban J connectivity index is 2.36. The van der Waals surface area contributed by atoms with Gasteiger partial charge in [0.25, 0.3) is 0 Å². The summed E-state index contributed by atoms with van der Waals surface area (Å²) >= 11 is 0. The summed E-state index contributed by atoms with van der Waals surface area (Å²) in [5.41, 5.74) is -1.32. The van der Waals surface area contributed by atoms with Gasteiger partial charge in [-0.05, 0) is 48.5 Å². The molecule has 13 nitrogen and oxygen atoms in total. The van der Waals surface area contributed by atoms with Crippen molar-refractivity contribution in [3.8, 4) is 5.88 Å². The summed E-state index contributed by atoms with van der Waals surface area (Å²) in [6.07, 6.45) is -0.0555. The zero-order valence-corrected chi connectivity index (χ0v) is 21.6. The molecule has 0 unspecified atom stereocenters. The molecule has 2 rings (SSSR count). The fourth-order valence-corrected chi connectivity index (χ4v) is 2.56. The van der Waals surface area contributed by atoms with Crippen LogP contribution in [0, 0.1) is 0 Å². The molecule has 196 valence electrons. The molecule has 0 aliphatic carbocycles. The second kappa shape index (κ2) is 12.0. The topological polar surface area (TPSA) is 136 Å². The van der Waals surface area contributed by atoms with Crippen molar-refractivity contribution in [3.63, 3.8) is 0 Å². The summed E-state index contributed by atoms with van der Waals surface area (Å²) in [5.74, 6) is -0.284. The van der Waals surface area contributed by atoms with Crippen molar-refractivity contribution in [2.24, 2.45) is 0 Å². The number of ether oxygens (including phenoxy) is 5. The Morgan fingerprint density at radius 3 is 2.14 bits per heavy atom. The van der Waals surface area contributed by atoms with Gasteiger partial charge in [-0.1, -0.05) is 0 Å². The van der Waals surface area contributed by atoms with Crippen LogP contribution in [-0.2, 0) is 18.9 Å². The van der Waals surface area contributed by atoms with E-state index >= 15 is 0 Å². The highest BCUT2D eigenvalue weighted by atomic mass is 16.7. The van der Waals surface area contributed by atoms with E-state index in [1.807, 2.05) is 6.92 Å². The van der Waals surface area contributed by atoms with Gasteiger partial charge in [0.05, 0.1) is 13.7 Å². The van der Waals surface area contributed by atoms with E-state index in [0.717, 1.165) is 0 Å². The molecule has 0 aliphatic heterocycles. The van der Waals surface area contributed by atoms with Gasteiger partial charge in [0.2, 0.25) is 17.5 Å². The number of fused-ring (bicyclic) bond motifs is 1. The van der Waals surface area contributed by atoms with Gasteiger partial charge in [0.1, 0.15) is 30.9 Å².